The van der Waals surface area contributed by atoms with E-state index in [1.54, 1.807) is 24.3 Å². The molecule has 84 valence electrons. The van der Waals surface area contributed by atoms with E-state index < -0.39 is 6.09 Å². The van der Waals surface area contributed by atoms with Crippen LogP contribution in [0.1, 0.15) is 6.42 Å². The van der Waals surface area contributed by atoms with Gasteiger partial charge in [-0.25, -0.2) is 4.79 Å². The van der Waals surface area contributed by atoms with E-state index in [-0.39, 0.29) is 12.3 Å². The molecule has 0 saturated carbocycles. The lowest BCUT2D eigenvalue weighted by Gasteiger charge is -2.13. The van der Waals surface area contributed by atoms with Gasteiger partial charge < -0.3 is 9.64 Å². The van der Waals surface area contributed by atoms with Gasteiger partial charge in [0, 0.05) is 18.0 Å². The number of Topliss-reactive ketones (excluding diaryl/α,β-unsaturated/α-hetero) is 1. The minimum absolute atomic E-state index is 0.0584. The van der Waals surface area contributed by atoms with Crippen molar-refractivity contribution in [3.8, 4) is 5.75 Å². The smallest absolute Gasteiger partial charge is 0.410 e. The summed E-state index contributed by atoms with van der Waals surface area (Å²) in [5.41, 5.74) is 0. The van der Waals surface area contributed by atoms with Crippen LogP contribution in [-0.4, -0.2) is 29.9 Å². The molecule has 5 heteroatoms. The highest BCUT2D eigenvalue weighted by molar-refractivity contribution is 6.30. The first-order valence-electron chi connectivity index (χ1n) is 4.89. The number of amides is 1. The SMILES string of the molecule is O=C1CCN(C(=O)Oc2cccc(Cl)c2)C1. The maximum Gasteiger partial charge on any atom is 0.415 e. The number of carbonyl (C=O) groups excluding carboxylic acids is 2. The molecule has 1 aliphatic rings. The Kier molecular flexibility index (Phi) is 3.10. The Morgan fingerprint density at radius 1 is 1.44 bits per heavy atom. The monoisotopic (exact) mass is 239 g/mol. The first-order chi connectivity index (χ1) is 7.65. The molecule has 1 saturated heterocycles. The first-order valence-corrected chi connectivity index (χ1v) is 5.27. The van der Waals surface area contributed by atoms with Gasteiger partial charge in [-0.05, 0) is 18.2 Å². The van der Waals surface area contributed by atoms with Crippen LogP contribution in [0.2, 0.25) is 5.02 Å². The van der Waals surface area contributed by atoms with Crippen molar-refractivity contribution in [3.63, 3.8) is 0 Å². The van der Waals surface area contributed by atoms with Crippen molar-refractivity contribution in [2.75, 3.05) is 13.1 Å². The Morgan fingerprint density at radius 2 is 2.25 bits per heavy atom. The van der Waals surface area contributed by atoms with Crippen molar-refractivity contribution in [1.29, 1.82) is 0 Å². The molecule has 0 spiro atoms. The third-order valence-electron chi connectivity index (χ3n) is 2.29. The summed E-state index contributed by atoms with van der Waals surface area (Å²) in [5.74, 6) is 0.444. The maximum absolute atomic E-state index is 11.6. The molecule has 1 amide bonds. The van der Waals surface area contributed by atoms with Crippen LogP contribution in [0.3, 0.4) is 0 Å². The van der Waals surface area contributed by atoms with Crippen LogP contribution in [0.25, 0.3) is 0 Å². The van der Waals surface area contributed by atoms with Crippen LogP contribution in [0.15, 0.2) is 24.3 Å². The summed E-state index contributed by atoms with van der Waals surface area (Å²) in [7, 11) is 0. The molecular weight excluding hydrogens is 230 g/mol. The van der Waals surface area contributed by atoms with Gasteiger partial charge in [0.1, 0.15) is 5.75 Å². The van der Waals surface area contributed by atoms with Crippen LogP contribution >= 0.6 is 11.6 Å². The Morgan fingerprint density at radius 3 is 2.88 bits per heavy atom. The molecule has 1 heterocycles. The molecule has 0 bridgehead atoms. The molecule has 0 aromatic heterocycles. The summed E-state index contributed by atoms with van der Waals surface area (Å²) in [5, 5.41) is 0.503. The normalized spacial score (nSPS) is 15.3. The van der Waals surface area contributed by atoms with E-state index in [4.69, 9.17) is 16.3 Å². The van der Waals surface area contributed by atoms with E-state index in [9.17, 15) is 9.59 Å². The molecule has 16 heavy (non-hydrogen) atoms. The second-order valence-electron chi connectivity index (χ2n) is 3.54. The summed E-state index contributed by atoms with van der Waals surface area (Å²) >= 11 is 5.75. The number of ketones is 1. The fourth-order valence-electron chi connectivity index (χ4n) is 1.48. The predicted octanol–water partition coefficient (Wildman–Crippen LogP) is 2.11. The molecule has 2 rings (SSSR count). The van der Waals surface area contributed by atoms with E-state index in [1.807, 2.05) is 0 Å². The van der Waals surface area contributed by atoms with Crippen molar-refractivity contribution in [2.24, 2.45) is 0 Å². The number of halogens is 1. The van der Waals surface area contributed by atoms with Crippen molar-refractivity contribution in [1.82, 2.24) is 4.90 Å². The minimum Gasteiger partial charge on any atom is -0.410 e. The first kappa shape index (κ1) is 11.0. The van der Waals surface area contributed by atoms with Crippen molar-refractivity contribution in [3.05, 3.63) is 29.3 Å². The van der Waals surface area contributed by atoms with Crippen LogP contribution < -0.4 is 4.74 Å². The highest BCUT2D eigenvalue weighted by Gasteiger charge is 2.25. The zero-order valence-corrected chi connectivity index (χ0v) is 9.24. The third kappa shape index (κ3) is 2.52. The van der Waals surface area contributed by atoms with E-state index in [0.717, 1.165) is 0 Å². The molecule has 4 nitrogen and oxygen atoms in total. The van der Waals surface area contributed by atoms with Gasteiger partial charge >= 0.3 is 6.09 Å². The lowest BCUT2D eigenvalue weighted by atomic mass is 10.3. The Labute approximate surface area is 97.7 Å². The van der Waals surface area contributed by atoms with Crippen LogP contribution in [-0.2, 0) is 4.79 Å². The summed E-state index contributed by atoms with van der Waals surface area (Å²) in [6, 6.07) is 6.58. The fourth-order valence-corrected chi connectivity index (χ4v) is 1.66. The number of rotatable bonds is 1. The number of nitrogens with zero attached hydrogens (tertiary/aromatic N) is 1. The molecule has 0 atom stereocenters. The quantitative estimate of drug-likeness (QED) is 0.754. The summed E-state index contributed by atoms with van der Waals surface area (Å²) in [6.07, 6.45) is -0.0990. The zero-order chi connectivity index (χ0) is 11.5. The van der Waals surface area contributed by atoms with Gasteiger partial charge in [-0.2, -0.15) is 0 Å². The van der Waals surface area contributed by atoms with Crippen molar-refractivity contribution in [2.45, 2.75) is 6.42 Å². The van der Waals surface area contributed by atoms with E-state index >= 15 is 0 Å². The predicted molar refractivity (Wildman–Crippen MR) is 58.7 cm³/mol. The second-order valence-corrected chi connectivity index (χ2v) is 3.97. The Balaban J connectivity index is 1.99. The highest BCUT2D eigenvalue weighted by Crippen LogP contribution is 2.18. The van der Waals surface area contributed by atoms with Gasteiger partial charge in [0.2, 0.25) is 0 Å². The molecule has 1 aromatic rings. The van der Waals surface area contributed by atoms with Gasteiger partial charge in [-0.3, -0.25) is 4.79 Å². The molecule has 0 aliphatic carbocycles. The summed E-state index contributed by atoms with van der Waals surface area (Å²) < 4.78 is 5.08. The minimum atomic E-state index is -0.506. The van der Waals surface area contributed by atoms with Crippen LogP contribution in [0.4, 0.5) is 4.79 Å². The number of benzene rings is 1. The molecule has 1 aliphatic heterocycles. The average Bonchev–Trinajstić information content (AvgIpc) is 2.65. The number of likely N-dealkylation sites (tertiary alicyclic amines) is 1. The zero-order valence-electron chi connectivity index (χ0n) is 8.48. The van der Waals surface area contributed by atoms with Gasteiger partial charge in [0.25, 0.3) is 0 Å². The van der Waals surface area contributed by atoms with E-state index in [2.05, 4.69) is 0 Å². The summed E-state index contributed by atoms with van der Waals surface area (Å²) in [6.45, 7) is 0.567. The lowest BCUT2D eigenvalue weighted by Crippen LogP contribution is -2.31. The molecule has 1 aromatic carbocycles. The van der Waals surface area contributed by atoms with Gasteiger partial charge in [0.05, 0.1) is 6.54 Å². The number of hydrogen-bond donors (Lipinski definition) is 0. The average molecular weight is 240 g/mol. The maximum atomic E-state index is 11.6. The largest absolute Gasteiger partial charge is 0.415 e. The number of carbonyl (C=O) groups is 2. The topological polar surface area (TPSA) is 46.6 Å². The van der Waals surface area contributed by atoms with Crippen molar-refractivity contribution >= 4 is 23.5 Å². The number of hydrogen-bond acceptors (Lipinski definition) is 3. The third-order valence-corrected chi connectivity index (χ3v) is 2.52. The van der Waals surface area contributed by atoms with E-state index in [1.165, 1.54) is 4.90 Å². The van der Waals surface area contributed by atoms with Gasteiger partial charge in [0.15, 0.2) is 5.78 Å². The van der Waals surface area contributed by atoms with Crippen molar-refractivity contribution < 1.29 is 14.3 Å². The Bertz CT molecular complexity index is 433. The number of ether oxygens (including phenoxy) is 1. The summed E-state index contributed by atoms with van der Waals surface area (Å²) in [4.78, 5) is 24.0. The molecular formula is C11H10ClNO3. The Hall–Kier alpha value is -1.55. The van der Waals surface area contributed by atoms with Gasteiger partial charge in [-0.1, -0.05) is 17.7 Å². The lowest BCUT2D eigenvalue weighted by molar-refractivity contribution is -0.116. The van der Waals surface area contributed by atoms with Crippen LogP contribution in [0.5, 0.6) is 5.75 Å². The van der Waals surface area contributed by atoms with E-state index in [0.29, 0.717) is 23.7 Å². The molecule has 1 fully saturated rings. The standard InChI is InChI=1S/C11H10ClNO3/c12-8-2-1-3-10(6-8)16-11(15)13-5-4-9(14)7-13/h1-3,6H,4-5,7H2. The van der Waals surface area contributed by atoms with Gasteiger partial charge in [-0.15, -0.1) is 0 Å². The molecule has 0 radical (unpaired) electrons. The fraction of sp³-hybridized carbons (Fsp3) is 0.273. The molecule has 0 unspecified atom stereocenters. The second kappa shape index (κ2) is 4.53. The highest BCUT2D eigenvalue weighted by atomic mass is 35.5. The van der Waals surface area contributed by atoms with Crippen LogP contribution in [0, 0.1) is 0 Å². The molecule has 0 N–H and O–H groups in total.